The molecule has 15 heavy (non-hydrogen) atoms. The number of hydrogen-bond donors (Lipinski definition) is 1. The van der Waals surface area contributed by atoms with E-state index in [1.807, 2.05) is 0 Å². The SMILES string of the molecule is CCNCC=Cc1ccc(COC)cc1. The fourth-order valence-corrected chi connectivity index (χ4v) is 1.31. The van der Waals surface area contributed by atoms with Gasteiger partial charge in [0.1, 0.15) is 0 Å². The van der Waals surface area contributed by atoms with Crippen molar-refractivity contribution < 1.29 is 4.74 Å². The van der Waals surface area contributed by atoms with Crippen molar-refractivity contribution in [3.05, 3.63) is 41.5 Å². The van der Waals surface area contributed by atoms with Gasteiger partial charge in [0, 0.05) is 13.7 Å². The smallest absolute Gasteiger partial charge is 0.0713 e. The Balaban J connectivity index is 2.45. The van der Waals surface area contributed by atoms with E-state index in [9.17, 15) is 0 Å². The molecule has 2 heteroatoms. The Morgan fingerprint density at radius 2 is 2.00 bits per heavy atom. The van der Waals surface area contributed by atoms with Crippen LogP contribution in [0.2, 0.25) is 0 Å². The molecule has 0 aliphatic carbocycles. The van der Waals surface area contributed by atoms with E-state index in [1.54, 1.807) is 7.11 Å². The number of benzene rings is 1. The average molecular weight is 205 g/mol. The zero-order valence-electron chi connectivity index (χ0n) is 9.49. The maximum absolute atomic E-state index is 5.05. The Labute approximate surface area is 92.0 Å². The summed E-state index contributed by atoms with van der Waals surface area (Å²) in [7, 11) is 1.71. The second-order valence-corrected chi connectivity index (χ2v) is 3.38. The number of methoxy groups -OCH3 is 1. The first kappa shape index (κ1) is 12.0. The molecule has 0 saturated carbocycles. The van der Waals surface area contributed by atoms with Crippen LogP contribution in [0.4, 0.5) is 0 Å². The van der Waals surface area contributed by atoms with Crippen LogP contribution in [-0.4, -0.2) is 20.2 Å². The molecule has 2 nitrogen and oxygen atoms in total. The van der Waals surface area contributed by atoms with Crippen molar-refractivity contribution >= 4 is 6.08 Å². The maximum atomic E-state index is 5.05. The standard InChI is InChI=1S/C13H19NO/c1-3-14-10-4-5-12-6-8-13(9-7-12)11-15-2/h4-9,14H,3,10-11H2,1-2H3. The quantitative estimate of drug-likeness (QED) is 0.720. The molecule has 0 bridgehead atoms. The summed E-state index contributed by atoms with van der Waals surface area (Å²) in [5.74, 6) is 0. The molecule has 1 rings (SSSR count). The van der Waals surface area contributed by atoms with Crippen molar-refractivity contribution in [2.45, 2.75) is 13.5 Å². The van der Waals surface area contributed by atoms with Crippen LogP contribution in [0.1, 0.15) is 18.1 Å². The van der Waals surface area contributed by atoms with E-state index in [2.05, 4.69) is 48.7 Å². The van der Waals surface area contributed by atoms with Crippen LogP contribution in [0.5, 0.6) is 0 Å². The predicted octanol–water partition coefficient (Wildman–Crippen LogP) is 2.46. The minimum Gasteiger partial charge on any atom is -0.380 e. The highest BCUT2D eigenvalue weighted by Gasteiger charge is 1.90. The molecular weight excluding hydrogens is 186 g/mol. The van der Waals surface area contributed by atoms with Gasteiger partial charge in [0.2, 0.25) is 0 Å². The van der Waals surface area contributed by atoms with Gasteiger partial charge < -0.3 is 10.1 Å². The molecule has 1 aromatic rings. The van der Waals surface area contributed by atoms with Gasteiger partial charge in [0.05, 0.1) is 6.61 Å². The van der Waals surface area contributed by atoms with Gasteiger partial charge in [0.15, 0.2) is 0 Å². The normalized spacial score (nSPS) is 11.1. The zero-order valence-corrected chi connectivity index (χ0v) is 9.49. The van der Waals surface area contributed by atoms with Crippen molar-refractivity contribution in [2.24, 2.45) is 0 Å². The Morgan fingerprint density at radius 1 is 1.27 bits per heavy atom. The van der Waals surface area contributed by atoms with Crippen molar-refractivity contribution in [3.8, 4) is 0 Å². The Morgan fingerprint density at radius 3 is 2.60 bits per heavy atom. The van der Waals surface area contributed by atoms with E-state index in [4.69, 9.17) is 4.74 Å². The Bertz CT molecular complexity index is 290. The molecule has 0 aromatic heterocycles. The highest BCUT2D eigenvalue weighted by atomic mass is 16.5. The van der Waals surface area contributed by atoms with Crippen LogP contribution in [0.3, 0.4) is 0 Å². The van der Waals surface area contributed by atoms with E-state index in [-0.39, 0.29) is 0 Å². The topological polar surface area (TPSA) is 21.3 Å². The summed E-state index contributed by atoms with van der Waals surface area (Å²) in [6.07, 6.45) is 4.26. The Kier molecular flexibility index (Phi) is 5.74. The molecule has 1 N–H and O–H groups in total. The third-order valence-corrected chi connectivity index (χ3v) is 2.11. The van der Waals surface area contributed by atoms with Crippen molar-refractivity contribution in [1.82, 2.24) is 5.32 Å². The number of rotatable bonds is 6. The van der Waals surface area contributed by atoms with Crippen LogP contribution in [0.25, 0.3) is 6.08 Å². The van der Waals surface area contributed by atoms with Crippen LogP contribution < -0.4 is 5.32 Å². The third-order valence-electron chi connectivity index (χ3n) is 2.11. The molecule has 0 heterocycles. The minimum absolute atomic E-state index is 0.682. The molecule has 0 aliphatic rings. The van der Waals surface area contributed by atoms with Crippen LogP contribution >= 0.6 is 0 Å². The number of likely N-dealkylation sites (N-methyl/N-ethyl adjacent to an activating group) is 1. The number of ether oxygens (including phenoxy) is 1. The fraction of sp³-hybridized carbons (Fsp3) is 0.385. The molecular formula is C13H19NO. The highest BCUT2D eigenvalue weighted by molar-refractivity contribution is 5.49. The number of hydrogen-bond acceptors (Lipinski definition) is 2. The molecule has 0 spiro atoms. The molecule has 0 saturated heterocycles. The van der Waals surface area contributed by atoms with Gasteiger partial charge in [-0.3, -0.25) is 0 Å². The first-order valence-electron chi connectivity index (χ1n) is 5.32. The molecule has 0 aliphatic heterocycles. The van der Waals surface area contributed by atoms with E-state index >= 15 is 0 Å². The maximum Gasteiger partial charge on any atom is 0.0713 e. The van der Waals surface area contributed by atoms with Gasteiger partial charge >= 0.3 is 0 Å². The van der Waals surface area contributed by atoms with E-state index in [1.165, 1.54) is 11.1 Å². The molecule has 1 aromatic carbocycles. The lowest BCUT2D eigenvalue weighted by molar-refractivity contribution is 0.185. The summed E-state index contributed by atoms with van der Waals surface area (Å²) in [5.41, 5.74) is 2.44. The van der Waals surface area contributed by atoms with E-state index in [0.29, 0.717) is 6.61 Å². The first-order valence-corrected chi connectivity index (χ1v) is 5.32. The highest BCUT2D eigenvalue weighted by Crippen LogP contribution is 2.06. The van der Waals surface area contributed by atoms with Crippen LogP contribution in [0.15, 0.2) is 30.3 Å². The predicted molar refractivity (Wildman–Crippen MR) is 64.7 cm³/mol. The van der Waals surface area contributed by atoms with Gasteiger partial charge in [-0.15, -0.1) is 0 Å². The minimum atomic E-state index is 0.682. The van der Waals surface area contributed by atoms with Crippen molar-refractivity contribution in [2.75, 3.05) is 20.2 Å². The van der Waals surface area contributed by atoms with E-state index < -0.39 is 0 Å². The largest absolute Gasteiger partial charge is 0.380 e. The molecule has 82 valence electrons. The second kappa shape index (κ2) is 7.21. The average Bonchev–Trinajstić information content (AvgIpc) is 2.27. The molecule has 0 radical (unpaired) electrons. The molecule has 0 atom stereocenters. The molecule has 0 unspecified atom stereocenters. The summed E-state index contributed by atoms with van der Waals surface area (Å²) < 4.78 is 5.05. The van der Waals surface area contributed by atoms with Crippen molar-refractivity contribution in [3.63, 3.8) is 0 Å². The first-order chi connectivity index (χ1) is 7.36. The monoisotopic (exact) mass is 205 g/mol. The lowest BCUT2D eigenvalue weighted by Gasteiger charge is -2.00. The van der Waals surface area contributed by atoms with Crippen molar-refractivity contribution in [1.29, 1.82) is 0 Å². The summed E-state index contributed by atoms with van der Waals surface area (Å²) >= 11 is 0. The van der Waals surface area contributed by atoms with Gasteiger partial charge in [-0.05, 0) is 17.7 Å². The summed E-state index contributed by atoms with van der Waals surface area (Å²) in [6, 6.07) is 8.40. The fourth-order valence-electron chi connectivity index (χ4n) is 1.31. The van der Waals surface area contributed by atoms with Gasteiger partial charge in [-0.1, -0.05) is 43.3 Å². The van der Waals surface area contributed by atoms with Gasteiger partial charge in [-0.2, -0.15) is 0 Å². The summed E-state index contributed by atoms with van der Waals surface area (Å²) in [6.45, 7) is 4.72. The molecule has 0 amide bonds. The van der Waals surface area contributed by atoms with Crippen LogP contribution in [-0.2, 0) is 11.3 Å². The number of nitrogens with one attached hydrogen (secondary N) is 1. The summed E-state index contributed by atoms with van der Waals surface area (Å²) in [4.78, 5) is 0. The van der Waals surface area contributed by atoms with Gasteiger partial charge in [0.25, 0.3) is 0 Å². The third kappa shape index (κ3) is 4.77. The van der Waals surface area contributed by atoms with Gasteiger partial charge in [-0.25, -0.2) is 0 Å². The summed E-state index contributed by atoms with van der Waals surface area (Å²) in [5, 5.41) is 3.24. The molecule has 0 fully saturated rings. The second-order valence-electron chi connectivity index (χ2n) is 3.38. The lowest BCUT2D eigenvalue weighted by Crippen LogP contribution is -2.11. The lowest BCUT2D eigenvalue weighted by atomic mass is 10.1. The van der Waals surface area contributed by atoms with Crippen LogP contribution in [0, 0.1) is 0 Å². The Hall–Kier alpha value is -1.12. The van der Waals surface area contributed by atoms with E-state index in [0.717, 1.165) is 13.1 Å². The zero-order chi connectivity index (χ0) is 10.9.